The highest BCUT2D eigenvalue weighted by molar-refractivity contribution is 7.80. The van der Waals surface area contributed by atoms with Gasteiger partial charge in [0.05, 0.1) is 19.2 Å². The summed E-state index contributed by atoms with van der Waals surface area (Å²) >= 11 is 10.9. The van der Waals surface area contributed by atoms with Crippen molar-refractivity contribution in [2.24, 2.45) is 23.2 Å². The van der Waals surface area contributed by atoms with Crippen molar-refractivity contribution >= 4 is 53.8 Å². The van der Waals surface area contributed by atoms with Crippen molar-refractivity contribution in [1.29, 1.82) is 0 Å². The van der Waals surface area contributed by atoms with Crippen LogP contribution in [0.15, 0.2) is 35.9 Å². The minimum absolute atomic E-state index is 0.0401. The predicted molar refractivity (Wildman–Crippen MR) is 190 cm³/mol. The molecule has 50 heavy (non-hydrogen) atoms. The first-order valence-corrected chi connectivity index (χ1v) is 17.8. The fourth-order valence-electron chi connectivity index (χ4n) is 8.21. The number of nitrogens with one attached hydrogen (secondary N) is 1. The van der Waals surface area contributed by atoms with Gasteiger partial charge in [0.2, 0.25) is 11.8 Å². The molecule has 2 aliphatic heterocycles. The molecule has 5 rings (SSSR count). The number of amides is 3. The minimum atomic E-state index is -1.76. The molecule has 14 heteroatoms. The van der Waals surface area contributed by atoms with Crippen molar-refractivity contribution in [3.8, 4) is 5.75 Å². The first-order chi connectivity index (χ1) is 23.5. The van der Waals surface area contributed by atoms with E-state index in [1.807, 2.05) is 39.0 Å². The summed E-state index contributed by atoms with van der Waals surface area (Å²) in [4.78, 5) is 56.1. The number of esters is 1. The fourth-order valence-corrected chi connectivity index (χ4v) is 8.72. The van der Waals surface area contributed by atoms with Crippen molar-refractivity contribution < 1.29 is 43.2 Å². The third-order valence-electron chi connectivity index (χ3n) is 11.4. The van der Waals surface area contributed by atoms with E-state index < -0.39 is 47.1 Å². The molecule has 2 aliphatic carbocycles. The number of thiol groups is 1. The number of likely N-dealkylation sites (N-methyl/N-ethyl adjacent to an activating group) is 1. The zero-order valence-electron chi connectivity index (χ0n) is 29.8. The molecule has 2 saturated carbocycles. The number of methoxy groups -OCH3 is 2. The lowest BCUT2D eigenvalue weighted by Gasteiger charge is -2.44. The van der Waals surface area contributed by atoms with Crippen LogP contribution >= 0.6 is 24.2 Å². The summed E-state index contributed by atoms with van der Waals surface area (Å²) in [7, 11) is 6.12. The number of allylic oxidation sites excluding steroid dienone is 3. The van der Waals surface area contributed by atoms with Gasteiger partial charge in [0, 0.05) is 45.4 Å². The van der Waals surface area contributed by atoms with Gasteiger partial charge in [-0.3, -0.25) is 14.9 Å². The van der Waals surface area contributed by atoms with Crippen molar-refractivity contribution in [3.63, 3.8) is 0 Å². The van der Waals surface area contributed by atoms with Crippen molar-refractivity contribution in [2.45, 2.75) is 83.0 Å². The van der Waals surface area contributed by atoms with E-state index in [4.69, 9.17) is 30.5 Å². The van der Waals surface area contributed by atoms with Crippen LogP contribution in [0.1, 0.15) is 52.5 Å². The maximum Gasteiger partial charge on any atom is 0.409 e. The molecule has 12 nitrogen and oxygen atoms in total. The lowest BCUT2D eigenvalue weighted by molar-refractivity contribution is -0.170. The Labute approximate surface area is 303 Å². The molecular weight excluding hydrogens is 686 g/mol. The van der Waals surface area contributed by atoms with Crippen LogP contribution in [0.5, 0.6) is 5.75 Å². The van der Waals surface area contributed by atoms with Crippen LogP contribution < -0.4 is 15.0 Å². The zero-order valence-corrected chi connectivity index (χ0v) is 31.5. The number of hydrogen-bond acceptors (Lipinski definition) is 10. The van der Waals surface area contributed by atoms with Gasteiger partial charge in [-0.15, -0.1) is 0 Å². The van der Waals surface area contributed by atoms with E-state index >= 15 is 0 Å². The Bertz CT molecular complexity index is 1620. The molecule has 4 bridgehead atoms. The summed E-state index contributed by atoms with van der Waals surface area (Å²) in [5.74, 6) is -1.12. The SMILES string of the molecule is COc1cc2cc(c1Cl)N(C)C(=O)C[C@@]1(OC(=O)[C@H](C)N(C)C(=O)CCS)C3[C@@H]([C@H](C)[C@@H]4C[C@@](O)(NC(=O)O4)[C@H](OC)/C=C/C=C(\C)C2)[C@@]31C. The molecule has 1 saturated heterocycles. The Morgan fingerprint density at radius 3 is 2.58 bits per heavy atom. The number of ether oxygens (including phenoxy) is 4. The number of anilines is 1. The highest BCUT2D eigenvalue weighted by atomic mass is 35.5. The molecule has 1 aromatic rings. The number of carbonyl (C=O) groups excluding carboxylic acids is 4. The lowest BCUT2D eigenvalue weighted by atomic mass is 9.78. The molecule has 1 unspecified atom stereocenters. The van der Waals surface area contributed by atoms with Crippen molar-refractivity contribution in [1.82, 2.24) is 10.2 Å². The molecule has 0 radical (unpaired) electrons. The van der Waals surface area contributed by atoms with Crippen LogP contribution in [-0.2, 0) is 35.0 Å². The number of carbonyl (C=O) groups is 4. The molecule has 2 N–H and O–H groups in total. The van der Waals surface area contributed by atoms with Crippen molar-refractivity contribution in [3.05, 3.63) is 46.5 Å². The third-order valence-corrected chi connectivity index (χ3v) is 12.0. The number of rotatable bonds is 7. The van der Waals surface area contributed by atoms with E-state index in [1.54, 1.807) is 26.1 Å². The molecule has 4 aliphatic rings. The summed E-state index contributed by atoms with van der Waals surface area (Å²) in [6.07, 6.45) is 3.51. The van der Waals surface area contributed by atoms with Gasteiger partial charge in [0.15, 0.2) is 5.72 Å². The number of alkyl carbamates (subject to hydrolysis) is 1. The van der Waals surface area contributed by atoms with Crippen LogP contribution in [0.2, 0.25) is 5.02 Å². The Balaban J connectivity index is 1.55. The highest BCUT2D eigenvalue weighted by Gasteiger charge is 2.96. The van der Waals surface area contributed by atoms with Gasteiger partial charge < -0.3 is 33.9 Å². The molecular formula is C36H48ClN3O9S. The molecule has 2 heterocycles. The Hall–Kier alpha value is -3.26. The van der Waals surface area contributed by atoms with Gasteiger partial charge in [0.25, 0.3) is 0 Å². The molecule has 0 aromatic heterocycles. The van der Waals surface area contributed by atoms with E-state index in [-0.39, 0.29) is 53.9 Å². The second-order valence-corrected chi connectivity index (χ2v) is 15.1. The van der Waals surface area contributed by atoms with Gasteiger partial charge >= 0.3 is 12.1 Å². The van der Waals surface area contributed by atoms with Gasteiger partial charge in [-0.25, -0.2) is 9.59 Å². The summed E-state index contributed by atoms with van der Waals surface area (Å²) < 4.78 is 23.2. The largest absolute Gasteiger partial charge is 0.495 e. The summed E-state index contributed by atoms with van der Waals surface area (Å²) in [5, 5.41) is 14.5. The Kier molecular flexibility index (Phi) is 10.7. The second-order valence-electron chi connectivity index (χ2n) is 14.3. The van der Waals surface area contributed by atoms with E-state index in [0.29, 0.717) is 23.6 Å². The highest BCUT2D eigenvalue weighted by Crippen LogP contribution is 2.90. The topological polar surface area (TPSA) is 144 Å². The third kappa shape index (κ3) is 6.50. The number of hydrogen-bond donors (Lipinski definition) is 3. The zero-order chi connectivity index (χ0) is 36.9. The Morgan fingerprint density at radius 1 is 1.28 bits per heavy atom. The standard InChI is InChI=1S/C36H48ClN3O9S/c1-19-10-9-11-26(47-8)36(45)17-25(48-33(44)38-36)20(2)29-31-34(29,4)35(31,49-32(43)21(3)39(5)27(41)12-13-50)18-28(42)40(6)23-15-22(14-19)16-24(46-7)30(23)37/h9-11,15-16,20-21,25-26,29,31,45,50H,12-14,17-18H2,1-8H3,(H,38,44)/b11-9+,19-10+/t20-,21+,25+,26-,29-,31?,34+,35-,36+/m1/s1. The van der Waals surface area contributed by atoms with Crippen LogP contribution in [0.25, 0.3) is 0 Å². The van der Waals surface area contributed by atoms with Crippen molar-refractivity contribution in [2.75, 3.05) is 39.0 Å². The minimum Gasteiger partial charge on any atom is -0.495 e. The first kappa shape index (κ1) is 38.0. The smallest absolute Gasteiger partial charge is 0.409 e. The quantitative estimate of drug-likeness (QED) is 0.276. The monoisotopic (exact) mass is 733 g/mol. The van der Waals surface area contributed by atoms with Gasteiger partial charge in [0.1, 0.15) is 34.6 Å². The van der Waals surface area contributed by atoms with Gasteiger partial charge in [-0.1, -0.05) is 49.2 Å². The van der Waals surface area contributed by atoms with Crippen LogP contribution in [0.3, 0.4) is 0 Å². The molecule has 3 amide bonds. The fraction of sp³-hybridized carbons (Fsp3) is 0.611. The molecule has 9 atom stereocenters. The first-order valence-electron chi connectivity index (χ1n) is 16.8. The summed E-state index contributed by atoms with van der Waals surface area (Å²) in [6, 6.07) is 2.73. The number of nitrogens with zero attached hydrogens (tertiary/aromatic N) is 2. The number of benzene rings is 1. The van der Waals surface area contributed by atoms with E-state index in [0.717, 1.165) is 11.1 Å². The molecule has 0 spiro atoms. The molecule has 3 fully saturated rings. The van der Waals surface area contributed by atoms with Crippen LogP contribution in [0, 0.1) is 23.2 Å². The maximum absolute atomic E-state index is 14.2. The van der Waals surface area contributed by atoms with E-state index in [9.17, 15) is 24.3 Å². The number of halogens is 1. The lowest BCUT2D eigenvalue weighted by Crippen LogP contribution is -2.63. The van der Waals surface area contributed by atoms with E-state index in [1.165, 1.54) is 31.1 Å². The van der Waals surface area contributed by atoms with Crippen LogP contribution in [-0.4, -0.2) is 97.5 Å². The summed E-state index contributed by atoms with van der Waals surface area (Å²) in [5.41, 5.74) is -1.36. The second kappa shape index (κ2) is 14.0. The number of fused-ring (bicyclic) bond motifs is 6. The van der Waals surface area contributed by atoms with E-state index in [2.05, 4.69) is 17.9 Å². The average molecular weight is 734 g/mol. The van der Waals surface area contributed by atoms with Crippen LogP contribution in [0.4, 0.5) is 10.5 Å². The average Bonchev–Trinajstić information content (AvgIpc) is 3.87. The van der Waals surface area contributed by atoms with Gasteiger partial charge in [-0.05, 0) is 55.6 Å². The normalized spacial score (nSPS) is 35.7. The number of aliphatic hydroxyl groups is 1. The summed E-state index contributed by atoms with van der Waals surface area (Å²) in [6.45, 7) is 7.42. The molecule has 1 aromatic carbocycles. The van der Waals surface area contributed by atoms with Gasteiger partial charge in [-0.2, -0.15) is 12.6 Å². The maximum atomic E-state index is 14.2. The Morgan fingerprint density at radius 2 is 1.96 bits per heavy atom. The predicted octanol–water partition coefficient (Wildman–Crippen LogP) is 4.31. The molecule has 274 valence electrons.